The lowest BCUT2D eigenvalue weighted by Gasteiger charge is -2.06. The van der Waals surface area contributed by atoms with Gasteiger partial charge in [0, 0.05) is 22.4 Å². The molecule has 0 spiro atoms. The van der Waals surface area contributed by atoms with Crippen LogP contribution in [0, 0.1) is 0 Å². The molecule has 0 atom stereocenters. The van der Waals surface area contributed by atoms with Gasteiger partial charge in [-0.3, -0.25) is 0 Å². The van der Waals surface area contributed by atoms with Crippen molar-refractivity contribution in [1.29, 1.82) is 0 Å². The Morgan fingerprint density at radius 3 is 2.31 bits per heavy atom. The number of benzene rings is 3. The van der Waals surface area contributed by atoms with Gasteiger partial charge in [0.1, 0.15) is 16.5 Å². The summed E-state index contributed by atoms with van der Waals surface area (Å²) in [4.78, 5) is 4.73. The topological polar surface area (TPSA) is 59.9 Å². The normalized spacial score (nSPS) is 10.8. The molecule has 0 fully saturated rings. The minimum atomic E-state index is 0.757. The number of para-hydroxylation sites is 1. The van der Waals surface area contributed by atoms with E-state index < -0.39 is 0 Å². The first-order valence-electron chi connectivity index (χ1n) is 9.88. The molecule has 2 aromatic heterocycles. The largest absolute Gasteiger partial charge is 0.457 e. The number of hydrogen-bond acceptors (Lipinski definition) is 8. The average molecular weight is 475 g/mol. The Kier molecular flexibility index (Phi) is 6.43. The number of nitrogens with zero attached hydrogens (tertiary/aromatic N) is 3. The number of nitrogens with one attached hydrogen (secondary N) is 1. The average Bonchev–Trinajstić information content (AvgIpc) is 3.50. The number of ether oxygens (including phenoxy) is 1. The number of thioether (sulfide) groups is 1. The van der Waals surface area contributed by atoms with Gasteiger partial charge in [0.15, 0.2) is 4.34 Å². The van der Waals surface area contributed by atoms with Crippen LogP contribution in [0.2, 0.25) is 0 Å². The summed E-state index contributed by atoms with van der Waals surface area (Å²) in [6, 6.07) is 27.8. The third kappa shape index (κ3) is 5.34. The van der Waals surface area contributed by atoms with E-state index in [0.29, 0.717) is 0 Å². The molecule has 0 bridgehead atoms. The third-order valence-corrected chi connectivity index (χ3v) is 7.35. The van der Waals surface area contributed by atoms with Crippen LogP contribution in [0.1, 0.15) is 5.69 Å². The van der Waals surface area contributed by atoms with Crippen LogP contribution in [0.3, 0.4) is 0 Å². The summed E-state index contributed by atoms with van der Waals surface area (Å²) >= 11 is 4.84. The summed E-state index contributed by atoms with van der Waals surface area (Å²) in [6.07, 6.45) is 0. The molecule has 0 radical (unpaired) electrons. The minimum absolute atomic E-state index is 0.757. The van der Waals surface area contributed by atoms with Crippen molar-refractivity contribution in [3.05, 3.63) is 96.0 Å². The molecule has 0 aliphatic heterocycles. The second-order valence-electron chi connectivity index (χ2n) is 6.74. The quantitative estimate of drug-likeness (QED) is 0.235. The smallest absolute Gasteiger partial charge is 0.210 e. The number of hydrogen-bond donors (Lipinski definition) is 1. The second-order valence-corrected chi connectivity index (χ2v) is 9.79. The fourth-order valence-electron chi connectivity index (χ4n) is 2.90. The Morgan fingerprint density at radius 2 is 1.53 bits per heavy atom. The van der Waals surface area contributed by atoms with Gasteiger partial charge in [-0.05, 0) is 36.4 Å². The van der Waals surface area contributed by atoms with Crippen molar-refractivity contribution in [1.82, 2.24) is 15.2 Å². The molecule has 0 amide bonds. The van der Waals surface area contributed by atoms with Crippen molar-refractivity contribution in [2.24, 2.45) is 0 Å². The van der Waals surface area contributed by atoms with E-state index >= 15 is 0 Å². The van der Waals surface area contributed by atoms with Gasteiger partial charge in [0.2, 0.25) is 5.13 Å². The van der Waals surface area contributed by atoms with E-state index in [1.54, 1.807) is 23.1 Å². The van der Waals surface area contributed by atoms with Crippen molar-refractivity contribution in [3.8, 4) is 22.1 Å². The second kappa shape index (κ2) is 9.95. The summed E-state index contributed by atoms with van der Waals surface area (Å²) in [5.41, 5.74) is 3.14. The first-order chi connectivity index (χ1) is 15.8. The molecule has 5 nitrogen and oxygen atoms in total. The molecule has 2 heterocycles. The summed E-state index contributed by atoms with van der Waals surface area (Å²) < 4.78 is 6.74. The summed E-state index contributed by atoms with van der Waals surface area (Å²) in [6.45, 7) is 0. The van der Waals surface area contributed by atoms with Gasteiger partial charge in [-0.1, -0.05) is 71.6 Å². The molecule has 32 heavy (non-hydrogen) atoms. The highest BCUT2D eigenvalue weighted by atomic mass is 32.2. The maximum atomic E-state index is 5.83. The van der Waals surface area contributed by atoms with Crippen molar-refractivity contribution in [2.75, 3.05) is 5.32 Å². The Balaban J connectivity index is 1.15. The van der Waals surface area contributed by atoms with Gasteiger partial charge in [-0.2, -0.15) is 0 Å². The number of rotatable bonds is 8. The molecule has 0 saturated carbocycles. The molecule has 1 N–H and O–H groups in total. The lowest BCUT2D eigenvalue weighted by Crippen LogP contribution is -1.90. The van der Waals surface area contributed by atoms with Crippen molar-refractivity contribution in [3.63, 3.8) is 0 Å². The van der Waals surface area contributed by atoms with Crippen LogP contribution in [-0.2, 0) is 5.75 Å². The third-order valence-electron chi connectivity index (χ3n) is 4.41. The van der Waals surface area contributed by atoms with Crippen LogP contribution < -0.4 is 10.1 Å². The van der Waals surface area contributed by atoms with Crippen LogP contribution in [-0.4, -0.2) is 15.2 Å². The Hall–Kier alpha value is -3.20. The lowest BCUT2D eigenvalue weighted by molar-refractivity contribution is 0.483. The molecule has 5 aromatic rings. The zero-order valence-corrected chi connectivity index (χ0v) is 19.3. The molecule has 0 aliphatic rings. The Morgan fingerprint density at radius 1 is 0.812 bits per heavy atom. The van der Waals surface area contributed by atoms with Gasteiger partial charge in [0.25, 0.3) is 0 Å². The summed E-state index contributed by atoms with van der Waals surface area (Å²) in [7, 11) is 0. The molecule has 5 rings (SSSR count). The van der Waals surface area contributed by atoms with Crippen LogP contribution >= 0.6 is 34.4 Å². The minimum Gasteiger partial charge on any atom is -0.457 e. The molecule has 8 heteroatoms. The lowest BCUT2D eigenvalue weighted by atomic mass is 10.2. The predicted molar refractivity (Wildman–Crippen MR) is 133 cm³/mol. The first kappa shape index (κ1) is 20.7. The van der Waals surface area contributed by atoms with Gasteiger partial charge in [-0.15, -0.1) is 21.5 Å². The van der Waals surface area contributed by atoms with E-state index in [2.05, 4.69) is 33.0 Å². The first-order valence-corrected chi connectivity index (χ1v) is 12.6. The zero-order chi connectivity index (χ0) is 21.6. The van der Waals surface area contributed by atoms with Crippen molar-refractivity contribution in [2.45, 2.75) is 10.1 Å². The molecular formula is C24H18N4OS3. The van der Waals surface area contributed by atoms with E-state index in [1.165, 1.54) is 11.3 Å². The SMILES string of the molecule is c1ccc(Oc2ccc(Nc3nnc(SCc4csc(-c5ccccc5)n4)s3)cc2)cc1. The van der Waals surface area contributed by atoms with Gasteiger partial charge in [-0.25, -0.2) is 4.98 Å². The van der Waals surface area contributed by atoms with Crippen LogP contribution in [0.5, 0.6) is 11.5 Å². The van der Waals surface area contributed by atoms with Crippen LogP contribution in [0.15, 0.2) is 94.6 Å². The molecule has 0 saturated heterocycles. The van der Waals surface area contributed by atoms with Crippen molar-refractivity contribution >= 4 is 45.3 Å². The highest BCUT2D eigenvalue weighted by Gasteiger charge is 2.09. The standard InChI is InChI=1S/C24H18N4OS3/c1-3-7-17(8-4-1)22-25-19(15-30-22)16-31-24-28-27-23(32-24)26-18-11-13-21(14-12-18)29-20-9-5-2-6-10-20/h1-15H,16H2,(H,26,27). The van der Waals surface area contributed by atoms with Gasteiger partial charge in [0.05, 0.1) is 5.69 Å². The fraction of sp³-hybridized carbons (Fsp3) is 0.0417. The van der Waals surface area contributed by atoms with E-state index in [-0.39, 0.29) is 0 Å². The number of anilines is 2. The monoisotopic (exact) mass is 474 g/mol. The highest BCUT2D eigenvalue weighted by Crippen LogP contribution is 2.32. The van der Waals surface area contributed by atoms with E-state index in [0.717, 1.165) is 48.7 Å². The fourth-order valence-corrected chi connectivity index (χ4v) is 5.49. The highest BCUT2D eigenvalue weighted by molar-refractivity contribution is 8.00. The van der Waals surface area contributed by atoms with Crippen LogP contribution in [0.25, 0.3) is 10.6 Å². The van der Waals surface area contributed by atoms with E-state index in [4.69, 9.17) is 9.72 Å². The van der Waals surface area contributed by atoms with E-state index in [1.807, 2.05) is 72.8 Å². The van der Waals surface area contributed by atoms with Gasteiger partial charge < -0.3 is 10.1 Å². The van der Waals surface area contributed by atoms with E-state index in [9.17, 15) is 0 Å². The zero-order valence-electron chi connectivity index (χ0n) is 16.8. The van der Waals surface area contributed by atoms with Crippen molar-refractivity contribution < 1.29 is 4.74 Å². The molecule has 0 unspecified atom stereocenters. The van der Waals surface area contributed by atoms with Crippen LogP contribution in [0.4, 0.5) is 10.8 Å². The molecule has 0 aliphatic carbocycles. The maximum absolute atomic E-state index is 5.83. The Labute approximate surface area is 198 Å². The number of thiazole rings is 1. The number of aromatic nitrogens is 3. The summed E-state index contributed by atoms with van der Waals surface area (Å²) in [5.74, 6) is 2.37. The molecule has 3 aromatic carbocycles. The Bertz CT molecular complexity index is 1270. The van der Waals surface area contributed by atoms with Gasteiger partial charge >= 0.3 is 0 Å². The summed E-state index contributed by atoms with van der Waals surface area (Å²) in [5, 5.41) is 15.7. The predicted octanol–water partition coefficient (Wildman–Crippen LogP) is 7.49. The maximum Gasteiger partial charge on any atom is 0.210 e. The molecular weight excluding hydrogens is 456 g/mol. The molecule has 158 valence electrons.